The van der Waals surface area contributed by atoms with Crippen LogP contribution in [0.25, 0.3) is 11.0 Å². The number of fused-ring (bicyclic) bond motifs is 2. The van der Waals surface area contributed by atoms with Crippen molar-refractivity contribution in [3.8, 4) is 11.5 Å². The second-order valence-corrected chi connectivity index (χ2v) is 11.3. The van der Waals surface area contributed by atoms with E-state index in [-0.39, 0.29) is 18.1 Å². The summed E-state index contributed by atoms with van der Waals surface area (Å²) in [5, 5.41) is 9.88. The fraction of sp³-hybridized carbons (Fsp3) is 0.281. The monoisotopic (exact) mass is 602 g/mol. The number of para-hydroxylation sites is 1. The van der Waals surface area contributed by atoms with E-state index in [1.165, 1.54) is 12.3 Å². The number of benzene rings is 3. The Kier molecular flexibility index (Phi) is 7.24. The Balaban J connectivity index is 1.09. The minimum atomic E-state index is -0.989. The van der Waals surface area contributed by atoms with Crippen LogP contribution in [0, 0.1) is 5.82 Å². The second kappa shape index (κ2) is 11.3. The Hall–Kier alpha value is -4.41. The first-order valence-corrected chi connectivity index (χ1v) is 14.5. The van der Waals surface area contributed by atoms with Gasteiger partial charge in [0.25, 0.3) is 0 Å². The molecule has 1 N–H and O–H groups in total. The Morgan fingerprint density at radius 3 is 2.70 bits per heavy atom. The van der Waals surface area contributed by atoms with Crippen LogP contribution in [0.2, 0.25) is 5.02 Å². The predicted molar refractivity (Wildman–Crippen MR) is 156 cm³/mol. The zero-order chi connectivity index (χ0) is 29.5. The number of hydrogen-bond acceptors (Lipinski definition) is 7. The predicted octanol–water partition coefficient (Wildman–Crippen LogP) is 6.46. The van der Waals surface area contributed by atoms with Gasteiger partial charge >= 0.3 is 5.97 Å². The molecule has 43 heavy (non-hydrogen) atoms. The summed E-state index contributed by atoms with van der Waals surface area (Å²) in [5.74, 6) is 1.52. The molecule has 2 aliphatic rings. The van der Waals surface area contributed by atoms with Crippen LogP contribution in [0.1, 0.15) is 58.1 Å². The summed E-state index contributed by atoms with van der Waals surface area (Å²) >= 11 is 5.96. The number of ether oxygens (including phenoxy) is 2. The van der Waals surface area contributed by atoms with E-state index in [1.807, 2.05) is 16.7 Å². The van der Waals surface area contributed by atoms with Crippen molar-refractivity contribution < 1.29 is 28.2 Å². The van der Waals surface area contributed by atoms with E-state index in [2.05, 4.69) is 16.0 Å². The van der Waals surface area contributed by atoms with Crippen molar-refractivity contribution in [1.29, 1.82) is 0 Å². The van der Waals surface area contributed by atoms with Crippen LogP contribution >= 0.6 is 11.6 Å². The minimum Gasteiger partial charge on any atom is -0.485 e. The maximum Gasteiger partial charge on any atom is 0.335 e. The lowest BCUT2D eigenvalue weighted by Gasteiger charge is -2.35. The third-order valence-electron chi connectivity index (χ3n) is 8.21. The van der Waals surface area contributed by atoms with Gasteiger partial charge in [0.2, 0.25) is 5.89 Å². The number of imidazole rings is 1. The van der Waals surface area contributed by atoms with E-state index in [0.717, 1.165) is 48.4 Å². The van der Waals surface area contributed by atoms with Gasteiger partial charge < -0.3 is 23.6 Å². The summed E-state index contributed by atoms with van der Waals surface area (Å²) in [7, 11) is 0. The molecule has 4 heterocycles. The Labute approximate surface area is 251 Å². The number of likely N-dealkylation sites (tertiary alicyclic amines) is 1. The summed E-state index contributed by atoms with van der Waals surface area (Å²) in [6, 6.07) is 15.5. The molecule has 0 saturated carbocycles. The van der Waals surface area contributed by atoms with Gasteiger partial charge in [0.1, 0.15) is 31.1 Å². The fourth-order valence-electron chi connectivity index (χ4n) is 6.02. The average molecular weight is 603 g/mol. The van der Waals surface area contributed by atoms with Gasteiger partial charge in [-0.1, -0.05) is 29.8 Å². The number of aromatic carboxylic acids is 1. The maximum absolute atomic E-state index is 14.7. The first kappa shape index (κ1) is 27.4. The van der Waals surface area contributed by atoms with Crippen LogP contribution in [0.5, 0.6) is 11.5 Å². The van der Waals surface area contributed by atoms with E-state index in [0.29, 0.717) is 41.1 Å². The maximum atomic E-state index is 14.7. The number of oxazole rings is 1. The van der Waals surface area contributed by atoms with Crippen molar-refractivity contribution in [1.82, 2.24) is 19.4 Å². The highest BCUT2D eigenvalue weighted by Crippen LogP contribution is 2.45. The minimum absolute atomic E-state index is 0.201. The summed E-state index contributed by atoms with van der Waals surface area (Å²) in [4.78, 5) is 23.1. The smallest absolute Gasteiger partial charge is 0.335 e. The van der Waals surface area contributed by atoms with E-state index < -0.39 is 17.9 Å². The van der Waals surface area contributed by atoms with Crippen LogP contribution < -0.4 is 9.47 Å². The molecular formula is C32H28ClFN4O5. The number of carboxylic acids is 1. The average Bonchev–Trinajstić information content (AvgIpc) is 3.65. The van der Waals surface area contributed by atoms with Crippen molar-refractivity contribution in [3.63, 3.8) is 0 Å². The van der Waals surface area contributed by atoms with E-state index in [1.54, 1.807) is 36.5 Å². The normalized spacial score (nSPS) is 17.4. The summed E-state index contributed by atoms with van der Waals surface area (Å²) in [5.41, 5.74) is 3.13. The molecule has 0 unspecified atom stereocenters. The number of nitrogens with zero attached hydrogens (tertiary/aromatic N) is 4. The standard InChI is InChI=1S/C32H28ClFN4O5/c33-21-5-6-23(24(34)15-21)28-18-42-27-3-1-2-22(31(27)43-28)19-8-11-37(12-9-19)16-29-36-25-7-4-20(32(39)40)14-26(25)38(29)17-30-35-10-13-41-30/h1-7,10,13-15,19,28H,8-9,11-12,16-18H2,(H,39,40)/t28-/m1/s1. The van der Waals surface area contributed by atoms with Crippen molar-refractivity contribution in [2.75, 3.05) is 19.7 Å². The highest BCUT2D eigenvalue weighted by Gasteiger charge is 2.31. The van der Waals surface area contributed by atoms with Crippen LogP contribution in [0.3, 0.4) is 0 Å². The van der Waals surface area contributed by atoms with Crippen molar-refractivity contribution in [2.45, 2.75) is 38.0 Å². The molecular weight excluding hydrogens is 575 g/mol. The first-order valence-electron chi connectivity index (χ1n) is 14.1. The lowest BCUT2D eigenvalue weighted by Crippen LogP contribution is -2.34. The second-order valence-electron chi connectivity index (χ2n) is 10.9. The molecule has 3 aromatic carbocycles. The van der Waals surface area contributed by atoms with Crippen LogP contribution in [-0.2, 0) is 13.1 Å². The topological polar surface area (TPSA) is 103 Å². The molecule has 1 fully saturated rings. The molecule has 7 rings (SSSR count). The van der Waals surface area contributed by atoms with Gasteiger partial charge in [-0.15, -0.1) is 0 Å². The molecule has 11 heteroatoms. The van der Waals surface area contributed by atoms with Crippen molar-refractivity contribution in [2.24, 2.45) is 0 Å². The summed E-state index contributed by atoms with van der Waals surface area (Å²) < 4.78 is 34.6. The molecule has 0 radical (unpaired) electrons. The molecule has 0 bridgehead atoms. The number of rotatable bonds is 7. The Morgan fingerprint density at radius 2 is 1.93 bits per heavy atom. The van der Waals surface area contributed by atoms with Gasteiger partial charge in [-0.2, -0.15) is 0 Å². The summed E-state index contributed by atoms with van der Waals surface area (Å²) in [6.45, 7) is 2.81. The van der Waals surface area contributed by atoms with Gasteiger partial charge in [0.15, 0.2) is 17.6 Å². The van der Waals surface area contributed by atoms with Gasteiger partial charge in [-0.3, -0.25) is 4.90 Å². The largest absolute Gasteiger partial charge is 0.485 e. The number of hydrogen-bond donors (Lipinski definition) is 1. The molecule has 0 aliphatic carbocycles. The number of halogens is 2. The van der Waals surface area contributed by atoms with E-state index in [4.69, 9.17) is 30.5 Å². The van der Waals surface area contributed by atoms with Gasteiger partial charge in [-0.25, -0.2) is 19.2 Å². The fourth-order valence-corrected chi connectivity index (χ4v) is 6.18. The van der Waals surface area contributed by atoms with E-state index >= 15 is 0 Å². The first-order chi connectivity index (χ1) is 20.9. The van der Waals surface area contributed by atoms with Crippen LogP contribution in [0.15, 0.2) is 71.5 Å². The third kappa shape index (κ3) is 5.44. The lowest BCUT2D eigenvalue weighted by molar-refractivity contribution is 0.0697. The van der Waals surface area contributed by atoms with Gasteiger partial charge in [-0.05, 0) is 68.2 Å². The van der Waals surface area contributed by atoms with Gasteiger partial charge in [0, 0.05) is 16.1 Å². The van der Waals surface area contributed by atoms with Crippen molar-refractivity contribution >= 4 is 28.6 Å². The summed E-state index contributed by atoms with van der Waals surface area (Å²) in [6.07, 6.45) is 4.33. The van der Waals surface area contributed by atoms with Gasteiger partial charge in [0.05, 0.1) is 29.3 Å². The Morgan fingerprint density at radius 1 is 1.07 bits per heavy atom. The molecule has 2 aromatic heterocycles. The molecule has 2 aliphatic heterocycles. The molecule has 0 spiro atoms. The lowest BCUT2D eigenvalue weighted by atomic mass is 9.88. The molecule has 5 aromatic rings. The molecule has 220 valence electrons. The molecule has 0 amide bonds. The number of carboxylic acid groups (broad SMARTS) is 1. The number of piperidine rings is 1. The number of carbonyl (C=O) groups is 1. The Bertz CT molecular complexity index is 1800. The van der Waals surface area contributed by atoms with E-state index in [9.17, 15) is 14.3 Å². The number of aromatic nitrogens is 3. The molecule has 1 saturated heterocycles. The zero-order valence-corrected chi connectivity index (χ0v) is 23.8. The molecule has 1 atom stereocenters. The quantitative estimate of drug-likeness (QED) is 0.227. The third-order valence-corrected chi connectivity index (χ3v) is 8.45. The van der Waals surface area contributed by atoms with Crippen LogP contribution in [0.4, 0.5) is 4.39 Å². The SMILES string of the molecule is O=C(O)c1ccc2nc(CN3CCC(c4cccc5c4O[C@@H](c4ccc(Cl)cc4F)CO5)CC3)n(Cc3ncco3)c2c1. The highest BCUT2D eigenvalue weighted by atomic mass is 35.5. The van der Waals surface area contributed by atoms with Crippen LogP contribution in [-0.4, -0.2) is 50.2 Å². The molecule has 9 nitrogen and oxygen atoms in total. The van der Waals surface area contributed by atoms with Crippen molar-refractivity contribution in [3.05, 3.63) is 106 Å². The highest BCUT2D eigenvalue weighted by molar-refractivity contribution is 6.30. The zero-order valence-electron chi connectivity index (χ0n) is 23.1.